The third kappa shape index (κ3) is 3.50. The van der Waals surface area contributed by atoms with Gasteiger partial charge < -0.3 is 10.3 Å². The van der Waals surface area contributed by atoms with Gasteiger partial charge in [0.1, 0.15) is 5.67 Å². The fourth-order valence-electron chi connectivity index (χ4n) is 1.52. The van der Waals surface area contributed by atoms with E-state index in [1.165, 1.54) is 5.69 Å². The average Bonchev–Trinajstić information content (AvgIpc) is 2.45. The number of rotatable bonds is 5. The summed E-state index contributed by atoms with van der Waals surface area (Å²) in [5, 5.41) is 0. The lowest BCUT2D eigenvalue weighted by molar-refractivity contribution is 0.185. The molecular weight excluding hydrogens is 179 g/mol. The Morgan fingerprint density at radius 2 is 2.21 bits per heavy atom. The van der Waals surface area contributed by atoms with Gasteiger partial charge in [0, 0.05) is 11.9 Å². The van der Waals surface area contributed by atoms with Crippen molar-refractivity contribution in [2.75, 3.05) is 6.54 Å². The topological polar surface area (TPSA) is 30.9 Å². The number of alkyl halides is 1. The van der Waals surface area contributed by atoms with E-state index in [1.807, 2.05) is 22.9 Å². The van der Waals surface area contributed by atoms with Crippen molar-refractivity contribution >= 4 is 0 Å². The van der Waals surface area contributed by atoms with E-state index in [0.717, 1.165) is 12.8 Å². The van der Waals surface area contributed by atoms with Crippen molar-refractivity contribution in [3.8, 4) is 0 Å². The predicted molar refractivity (Wildman–Crippen MR) is 57.0 cm³/mol. The van der Waals surface area contributed by atoms with Crippen molar-refractivity contribution in [2.45, 2.75) is 38.9 Å². The van der Waals surface area contributed by atoms with Gasteiger partial charge in [-0.3, -0.25) is 0 Å². The molecule has 80 valence electrons. The Hall–Kier alpha value is -0.830. The zero-order valence-electron chi connectivity index (χ0n) is 8.96. The van der Waals surface area contributed by atoms with Gasteiger partial charge in [-0.25, -0.2) is 4.39 Å². The van der Waals surface area contributed by atoms with Crippen LogP contribution in [0.2, 0.25) is 0 Å². The molecule has 1 aromatic heterocycles. The Morgan fingerprint density at radius 3 is 2.79 bits per heavy atom. The molecule has 0 aliphatic carbocycles. The monoisotopic (exact) mass is 198 g/mol. The molecule has 0 unspecified atom stereocenters. The molecule has 0 saturated carbocycles. The number of aromatic nitrogens is 1. The minimum absolute atomic E-state index is 0.417. The lowest BCUT2D eigenvalue weighted by Gasteiger charge is -2.17. The quantitative estimate of drug-likeness (QED) is 0.772. The van der Waals surface area contributed by atoms with Crippen LogP contribution in [0.15, 0.2) is 18.3 Å². The normalized spacial score (nSPS) is 12.0. The van der Waals surface area contributed by atoms with Gasteiger partial charge in [-0.1, -0.05) is 0 Å². The van der Waals surface area contributed by atoms with E-state index in [2.05, 4.69) is 0 Å². The maximum atomic E-state index is 13.4. The molecule has 2 N–H and O–H groups in total. The molecule has 0 bridgehead atoms. The van der Waals surface area contributed by atoms with E-state index in [1.54, 1.807) is 13.8 Å². The second-order valence-electron chi connectivity index (χ2n) is 4.24. The number of hydrogen-bond acceptors (Lipinski definition) is 1. The Labute approximate surface area is 84.9 Å². The third-order valence-electron chi connectivity index (χ3n) is 2.11. The zero-order chi connectivity index (χ0) is 10.6. The van der Waals surface area contributed by atoms with E-state index in [9.17, 15) is 4.39 Å². The van der Waals surface area contributed by atoms with Gasteiger partial charge >= 0.3 is 0 Å². The lowest BCUT2D eigenvalue weighted by atomic mass is 10.1. The summed E-state index contributed by atoms with van der Waals surface area (Å²) in [6.07, 6.45) is 3.81. The summed E-state index contributed by atoms with van der Waals surface area (Å²) in [5.74, 6) is 0. The minimum Gasteiger partial charge on any atom is -0.348 e. The number of hydrogen-bond donors (Lipinski definition) is 1. The first kappa shape index (κ1) is 11.2. The summed E-state index contributed by atoms with van der Waals surface area (Å²) in [4.78, 5) is 0. The largest absolute Gasteiger partial charge is 0.348 e. The number of nitrogens with zero attached hydrogens (tertiary/aromatic N) is 1. The Morgan fingerprint density at radius 1 is 1.50 bits per heavy atom. The molecule has 3 heteroatoms. The average molecular weight is 198 g/mol. The molecule has 1 rings (SSSR count). The highest BCUT2D eigenvalue weighted by Gasteiger charge is 2.16. The maximum Gasteiger partial charge on any atom is 0.123 e. The molecule has 0 amide bonds. The predicted octanol–water partition coefficient (Wildman–Crippen LogP) is 2.13. The smallest absolute Gasteiger partial charge is 0.123 e. The van der Waals surface area contributed by atoms with E-state index < -0.39 is 5.67 Å². The fourth-order valence-corrected chi connectivity index (χ4v) is 1.52. The van der Waals surface area contributed by atoms with Crippen LogP contribution in [-0.4, -0.2) is 16.8 Å². The molecule has 0 spiro atoms. The van der Waals surface area contributed by atoms with Gasteiger partial charge in [-0.2, -0.15) is 0 Å². The van der Waals surface area contributed by atoms with Crippen LogP contribution in [0.3, 0.4) is 0 Å². The van der Waals surface area contributed by atoms with Crippen LogP contribution in [0.25, 0.3) is 0 Å². The molecule has 0 aromatic carbocycles. The van der Waals surface area contributed by atoms with Crippen LogP contribution in [0.1, 0.15) is 26.0 Å². The lowest BCUT2D eigenvalue weighted by Crippen LogP contribution is -2.21. The Balaban J connectivity index is 2.63. The molecule has 1 heterocycles. The first-order valence-corrected chi connectivity index (χ1v) is 5.06. The van der Waals surface area contributed by atoms with Gasteiger partial charge in [-0.05, 0) is 45.4 Å². The summed E-state index contributed by atoms with van der Waals surface area (Å²) in [6, 6.07) is 3.99. The Bertz CT molecular complexity index is 273. The van der Waals surface area contributed by atoms with Crippen LogP contribution in [-0.2, 0) is 13.0 Å². The molecule has 0 saturated heterocycles. The Kier molecular flexibility index (Phi) is 3.69. The van der Waals surface area contributed by atoms with Gasteiger partial charge in [0.25, 0.3) is 0 Å². The number of aryl methyl sites for hydroxylation is 1. The highest BCUT2D eigenvalue weighted by molar-refractivity contribution is 5.08. The highest BCUT2D eigenvalue weighted by atomic mass is 19.1. The second-order valence-corrected chi connectivity index (χ2v) is 4.24. The molecule has 0 aliphatic rings. The van der Waals surface area contributed by atoms with Crippen molar-refractivity contribution in [1.82, 2.24) is 4.57 Å². The van der Waals surface area contributed by atoms with Crippen LogP contribution in [0.4, 0.5) is 4.39 Å². The van der Waals surface area contributed by atoms with Gasteiger partial charge in [0.2, 0.25) is 0 Å². The van der Waals surface area contributed by atoms with Crippen molar-refractivity contribution in [2.24, 2.45) is 5.73 Å². The molecule has 0 radical (unpaired) electrons. The van der Waals surface area contributed by atoms with E-state index in [0.29, 0.717) is 13.1 Å². The van der Waals surface area contributed by atoms with Gasteiger partial charge in [0.05, 0.1) is 6.54 Å². The van der Waals surface area contributed by atoms with Gasteiger partial charge in [0.15, 0.2) is 0 Å². The zero-order valence-corrected chi connectivity index (χ0v) is 8.96. The van der Waals surface area contributed by atoms with Crippen molar-refractivity contribution in [3.63, 3.8) is 0 Å². The molecule has 14 heavy (non-hydrogen) atoms. The van der Waals surface area contributed by atoms with Crippen LogP contribution in [0, 0.1) is 0 Å². The molecule has 0 aliphatic heterocycles. The van der Waals surface area contributed by atoms with Crippen molar-refractivity contribution < 1.29 is 4.39 Å². The molecular formula is C11H19FN2. The molecule has 0 fully saturated rings. The summed E-state index contributed by atoms with van der Waals surface area (Å²) in [7, 11) is 0. The minimum atomic E-state index is -1.16. The number of nitrogens with two attached hydrogens (primary N) is 1. The second kappa shape index (κ2) is 4.60. The highest BCUT2D eigenvalue weighted by Crippen LogP contribution is 2.15. The fraction of sp³-hybridized carbons (Fsp3) is 0.636. The van der Waals surface area contributed by atoms with Crippen molar-refractivity contribution in [1.29, 1.82) is 0 Å². The summed E-state index contributed by atoms with van der Waals surface area (Å²) in [6.45, 7) is 4.30. The molecule has 2 nitrogen and oxygen atoms in total. The standard InChI is InChI=1S/C11H19FN2/c1-11(2,12)9-14-8-4-6-10(14)5-3-7-13/h4,6,8H,3,5,7,9,13H2,1-2H3. The molecule has 1 aromatic rings. The number of halogens is 1. The molecule has 0 atom stereocenters. The van der Waals surface area contributed by atoms with E-state index >= 15 is 0 Å². The van der Waals surface area contributed by atoms with E-state index in [4.69, 9.17) is 5.73 Å². The van der Waals surface area contributed by atoms with E-state index in [-0.39, 0.29) is 0 Å². The van der Waals surface area contributed by atoms with Crippen LogP contribution < -0.4 is 5.73 Å². The SMILES string of the molecule is CC(C)(F)Cn1cccc1CCCN. The van der Waals surface area contributed by atoms with Crippen LogP contribution >= 0.6 is 0 Å². The summed E-state index contributed by atoms with van der Waals surface area (Å²) in [5.41, 5.74) is 5.45. The van der Waals surface area contributed by atoms with Crippen LogP contribution in [0.5, 0.6) is 0 Å². The first-order chi connectivity index (χ1) is 6.53. The summed E-state index contributed by atoms with van der Waals surface area (Å²) < 4.78 is 15.4. The maximum absolute atomic E-state index is 13.4. The van der Waals surface area contributed by atoms with Crippen molar-refractivity contribution in [3.05, 3.63) is 24.0 Å². The third-order valence-corrected chi connectivity index (χ3v) is 2.11. The summed E-state index contributed by atoms with van der Waals surface area (Å²) >= 11 is 0. The first-order valence-electron chi connectivity index (χ1n) is 5.06. The van der Waals surface area contributed by atoms with Gasteiger partial charge in [-0.15, -0.1) is 0 Å².